The van der Waals surface area contributed by atoms with Crippen LogP contribution in [0, 0.1) is 6.92 Å². The van der Waals surface area contributed by atoms with E-state index in [-0.39, 0.29) is 0 Å². The monoisotopic (exact) mass is 236 g/mol. The maximum Gasteiger partial charge on any atom is 0.105 e. The van der Waals surface area contributed by atoms with Gasteiger partial charge < -0.3 is 10.3 Å². The Morgan fingerprint density at radius 2 is 2.31 bits per heavy atom. The smallest absolute Gasteiger partial charge is 0.105 e. The van der Waals surface area contributed by atoms with Crippen LogP contribution in [0.3, 0.4) is 0 Å². The second kappa shape index (κ2) is 5.23. The van der Waals surface area contributed by atoms with Gasteiger partial charge in [-0.25, -0.2) is 9.97 Å². The molecule has 0 bridgehead atoms. The lowest BCUT2D eigenvalue weighted by molar-refractivity contribution is 0.669. The van der Waals surface area contributed by atoms with Gasteiger partial charge in [0.15, 0.2) is 0 Å². The van der Waals surface area contributed by atoms with E-state index in [1.54, 1.807) is 11.3 Å². The van der Waals surface area contributed by atoms with Crippen LogP contribution < -0.4 is 5.73 Å². The zero-order valence-electron chi connectivity index (χ0n) is 9.39. The van der Waals surface area contributed by atoms with Gasteiger partial charge in [-0.3, -0.25) is 0 Å². The lowest BCUT2D eigenvalue weighted by Crippen LogP contribution is -2.04. The second-order valence-electron chi connectivity index (χ2n) is 3.69. The largest absolute Gasteiger partial charge is 0.335 e. The van der Waals surface area contributed by atoms with Gasteiger partial charge in [0.05, 0.1) is 10.7 Å². The molecule has 0 saturated heterocycles. The van der Waals surface area contributed by atoms with E-state index >= 15 is 0 Å². The van der Waals surface area contributed by atoms with Crippen molar-refractivity contribution in [2.45, 2.75) is 26.3 Å². The van der Waals surface area contributed by atoms with Gasteiger partial charge in [0.1, 0.15) is 5.82 Å². The van der Waals surface area contributed by atoms with E-state index in [1.165, 1.54) is 5.01 Å². The Morgan fingerprint density at radius 1 is 1.44 bits per heavy atom. The van der Waals surface area contributed by atoms with Crippen molar-refractivity contribution in [3.63, 3.8) is 0 Å². The number of aromatic nitrogens is 3. The average molecular weight is 236 g/mol. The third kappa shape index (κ3) is 2.68. The highest BCUT2D eigenvalue weighted by molar-refractivity contribution is 7.09. The lowest BCUT2D eigenvalue weighted by Gasteiger charge is -2.02. The molecule has 0 spiro atoms. The molecule has 0 atom stereocenters. The molecule has 0 saturated carbocycles. The first-order valence-electron chi connectivity index (χ1n) is 5.40. The fourth-order valence-corrected chi connectivity index (χ4v) is 2.40. The van der Waals surface area contributed by atoms with Crippen LogP contribution in [0.5, 0.6) is 0 Å². The van der Waals surface area contributed by atoms with Crippen molar-refractivity contribution in [1.82, 2.24) is 14.5 Å². The lowest BCUT2D eigenvalue weighted by atomic mass is 10.3. The van der Waals surface area contributed by atoms with Gasteiger partial charge in [0.25, 0.3) is 0 Å². The van der Waals surface area contributed by atoms with Gasteiger partial charge >= 0.3 is 0 Å². The van der Waals surface area contributed by atoms with E-state index in [2.05, 4.69) is 19.9 Å². The molecule has 5 heteroatoms. The minimum atomic E-state index is 0.670. The molecule has 2 N–H and O–H groups in total. The van der Waals surface area contributed by atoms with E-state index in [9.17, 15) is 0 Å². The van der Waals surface area contributed by atoms with Crippen molar-refractivity contribution in [2.24, 2.45) is 5.73 Å². The summed E-state index contributed by atoms with van der Waals surface area (Å²) in [5.74, 6) is 1.05. The molecule has 2 rings (SSSR count). The summed E-state index contributed by atoms with van der Waals surface area (Å²) in [6, 6.07) is 0. The maximum absolute atomic E-state index is 5.49. The third-order valence-corrected chi connectivity index (χ3v) is 3.45. The third-order valence-electron chi connectivity index (χ3n) is 2.49. The summed E-state index contributed by atoms with van der Waals surface area (Å²) in [5, 5.41) is 3.28. The highest BCUT2D eigenvalue weighted by Gasteiger charge is 2.02. The van der Waals surface area contributed by atoms with Crippen LogP contribution >= 0.6 is 11.3 Å². The number of imidazole rings is 1. The van der Waals surface area contributed by atoms with Crippen molar-refractivity contribution in [3.05, 3.63) is 34.3 Å². The van der Waals surface area contributed by atoms with Crippen LogP contribution in [-0.2, 0) is 19.4 Å². The molecule has 0 fully saturated rings. The molecule has 2 aromatic rings. The molecule has 2 aromatic heterocycles. The Kier molecular flexibility index (Phi) is 3.69. The molecule has 4 nitrogen and oxygen atoms in total. The van der Waals surface area contributed by atoms with E-state index in [0.29, 0.717) is 6.54 Å². The normalized spacial score (nSPS) is 10.9. The summed E-state index contributed by atoms with van der Waals surface area (Å²) < 4.78 is 2.14. The SMILES string of the molecule is Cc1nccn1CCc1nc(CCN)cs1. The number of nitrogens with zero attached hydrogens (tertiary/aromatic N) is 3. The van der Waals surface area contributed by atoms with Crippen LogP contribution in [0.2, 0.25) is 0 Å². The molecule has 0 unspecified atom stereocenters. The number of thiazole rings is 1. The van der Waals surface area contributed by atoms with Gasteiger partial charge in [-0.15, -0.1) is 11.3 Å². The van der Waals surface area contributed by atoms with Gasteiger partial charge in [-0.2, -0.15) is 0 Å². The molecule has 0 aliphatic heterocycles. The minimum absolute atomic E-state index is 0.670. The van der Waals surface area contributed by atoms with Crippen LogP contribution in [0.25, 0.3) is 0 Å². The molecule has 0 aromatic carbocycles. The Labute approximate surface area is 99.2 Å². The molecule has 0 aliphatic rings. The van der Waals surface area contributed by atoms with Gasteiger partial charge in [0, 0.05) is 37.2 Å². The Balaban J connectivity index is 1.92. The van der Waals surface area contributed by atoms with E-state index in [4.69, 9.17) is 5.73 Å². The number of aryl methyl sites for hydroxylation is 3. The highest BCUT2D eigenvalue weighted by Crippen LogP contribution is 2.11. The number of nitrogens with two attached hydrogens (primary N) is 1. The van der Waals surface area contributed by atoms with E-state index in [0.717, 1.165) is 30.9 Å². The first kappa shape index (κ1) is 11.3. The molecule has 86 valence electrons. The predicted octanol–water partition coefficient (Wildman–Crippen LogP) is 1.39. The summed E-state index contributed by atoms with van der Waals surface area (Å²) in [6.07, 6.45) is 5.67. The molecule has 2 heterocycles. The van der Waals surface area contributed by atoms with Crippen LogP contribution in [0.1, 0.15) is 16.5 Å². The Morgan fingerprint density at radius 3 is 3.00 bits per heavy atom. The van der Waals surface area contributed by atoms with Crippen LogP contribution in [0.4, 0.5) is 0 Å². The molecular weight excluding hydrogens is 220 g/mol. The fourth-order valence-electron chi connectivity index (χ4n) is 1.58. The van der Waals surface area contributed by atoms with Gasteiger partial charge in [-0.05, 0) is 13.5 Å². The molecular formula is C11H16N4S. The number of hydrogen-bond donors (Lipinski definition) is 1. The van der Waals surface area contributed by atoms with Crippen LogP contribution in [-0.4, -0.2) is 21.1 Å². The van der Waals surface area contributed by atoms with Crippen LogP contribution in [0.15, 0.2) is 17.8 Å². The van der Waals surface area contributed by atoms with Gasteiger partial charge in [-0.1, -0.05) is 0 Å². The van der Waals surface area contributed by atoms with Crippen molar-refractivity contribution in [2.75, 3.05) is 6.54 Å². The van der Waals surface area contributed by atoms with Crippen molar-refractivity contribution in [3.8, 4) is 0 Å². The average Bonchev–Trinajstić information content (AvgIpc) is 2.86. The molecule has 0 amide bonds. The standard InChI is InChI=1S/C11H16N4S/c1-9-13-5-7-15(9)6-3-11-14-10(2-4-12)8-16-11/h5,7-8H,2-4,6,12H2,1H3. The minimum Gasteiger partial charge on any atom is -0.335 e. The van der Waals surface area contributed by atoms with Crippen molar-refractivity contribution in [1.29, 1.82) is 0 Å². The van der Waals surface area contributed by atoms with Crippen molar-refractivity contribution >= 4 is 11.3 Å². The van der Waals surface area contributed by atoms with Crippen molar-refractivity contribution < 1.29 is 0 Å². The molecule has 0 aliphatic carbocycles. The predicted molar refractivity (Wildman–Crippen MR) is 65.5 cm³/mol. The summed E-state index contributed by atoms with van der Waals surface area (Å²) in [4.78, 5) is 8.73. The highest BCUT2D eigenvalue weighted by atomic mass is 32.1. The zero-order chi connectivity index (χ0) is 11.4. The number of hydrogen-bond acceptors (Lipinski definition) is 4. The first-order valence-corrected chi connectivity index (χ1v) is 6.28. The van der Waals surface area contributed by atoms with E-state index in [1.807, 2.05) is 19.3 Å². The summed E-state index contributed by atoms with van der Waals surface area (Å²) in [5.41, 5.74) is 6.61. The van der Waals surface area contributed by atoms with Gasteiger partial charge in [0.2, 0.25) is 0 Å². The Hall–Kier alpha value is -1.20. The molecule has 16 heavy (non-hydrogen) atoms. The second-order valence-corrected chi connectivity index (χ2v) is 4.63. The molecule has 0 radical (unpaired) electrons. The topological polar surface area (TPSA) is 56.7 Å². The summed E-state index contributed by atoms with van der Waals surface area (Å²) in [6.45, 7) is 3.63. The van der Waals surface area contributed by atoms with E-state index < -0.39 is 0 Å². The maximum atomic E-state index is 5.49. The fraction of sp³-hybridized carbons (Fsp3) is 0.455. The zero-order valence-corrected chi connectivity index (χ0v) is 10.2. The quantitative estimate of drug-likeness (QED) is 0.853. The number of rotatable bonds is 5. The summed E-state index contributed by atoms with van der Waals surface area (Å²) in [7, 11) is 0. The summed E-state index contributed by atoms with van der Waals surface area (Å²) >= 11 is 1.72. The first-order chi connectivity index (χ1) is 7.79. The Bertz CT molecular complexity index is 446.